The van der Waals surface area contributed by atoms with E-state index in [4.69, 9.17) is 10.3 Å². The number of aromatic nitrogens is 1. The molecule has 0 aliphatic carbocycles. The summed E-state index contributed by atoms with van der Waals surface area (Å²) in [6, 6.07) is 0. The maximum Gasteiger partial charge on any atom is 0.225 e. The molecule has 2 N–H and O–H groups in total. The van der Waals surface area contributed by atoms with Gasteiger partial charge in [0.05, 0.1) is 0 Å². The van der Waals surface area contributed by atoms with Gasteiger partial charge in [-0.05, 0) is 30.2 Å². The number of nitrogen functional groups attached to an aromatic ring is 1. The largest absolute Gasteiger partial charge is 0.367 e. The Morgan fingerprint density at radius 3 is 2.75 bits per heavy atom. The van der Waals surface area contributed by atoms with E-state index in [1.807, 2.05) is 0 Å². The molecule has 0 saturated carbocycles. The highest BCUT2D eigenvalue weighted by Gasteiger charge is 2.18. The highest BCUT2D eigenvalue weighted by molar-refractivity contribution is 7.08. The predicted octanol–water partition coefficient (Wildman–Crippen LogP) is 3.49. The van der Waals surface area contributed by atoms with Crippen LogP contribution in [0.15, 0.2) is 15.3 Å². The summed E-state index contributed by atoms with van der Waals surface area (Å²) in [7, 11) is 0. The van der Waals surface area contributed by atoms with Crippen molar-refractivity contribution in [3.8, 4) is 11.3 Å². The van der Waals surface area contributed by atoms with Gasteiger partial charge >= 0.3 is 0 Å². The van der Waals surface area contributed by atoms with Gasteiger partial charge in [-0.2, -0.15) is 11.3 Å². The van der Waals surface area contributed by atoms with Crippen LogP contribution in [0.4, 0.5) is 5.88 Å². The van der Waals surface area contributed by atoms with Crippen LogP contribution >= 0.6 is 11.3 Å². The molecule has 2 aromatic heterocycles. The maximum absolute atomic E-state index is 5.82. The first-order valence-electron chi connectivity index (χ1n) is 5.36. The fourth-order valence-electron chi connectivity index (χ4n) is 1.74. The fraction of sp³-hybridized carbons (Fsp3) is 0.417. The molecule has 0 saturated heterocycles. The van der Waals surface area contributed by atoms with E-state index in [9.17, 15) is 0 Å². The lowest BCUT2D eigenvalue weighted by Gasteiger charge is -2.04. The Balaban J connectivity index is 2.46. The van der Waals surface area contributed by atoms with E-state index in [2.05, 4.69) is 36.7 Å². The van der Waals surface area contributed by atoms with E-state index >= 15 is 0 Å². The molecule has 2 aromatic rings. The van der Waals surface area contributed by atoms with Crippen molar-refractivity contribution in [2.45, 2.75) is 27.2 Å². The van der Waals surface area contributed by atoms with Gasteiger partial charge in [-0.1, -0.05) is 19.0 Å². The van der Waals surface area contributed by atoms with E-state index in [0.717, 1.165) is 23.2 Å². The lowest BCUT2D eigenvalue weighted by Crippen LogP contribution is -1.98. The molecule has 0 aromatic carbocycles. The smallest absolute Gasteiger partial charge is 0.225 e. The van der Waals surface area contributed by atoms with Crippen LogP contribution in [0.25, 0.3) is 11.3 Å². The molecule has 0 spiro atoms. The van der Waals surface area contributed by atoms with Crippen LogP contribution in [0.5, 0.6) is 0 Å². The Morgan fingerprint density at radius 1 is 1.44 bits per heavy atom. The number of nitrogens with zero attached hydrogens (tertiary/aromatic N) is 1. The first-order chi connectivity index (χ1) is 7.59. The lowest BCUT2D eigenvalue weighted by molar-refractivity contribution is 0.438. The van der Waals surface area contributed by atoms with Gasteiger partial charge < -0.3 is 10.3 Å². The van der Waals surface area contributed by atoms with Crippen molar-refractivity contribution < 1.29 is 4.52 Å². The first kappa shape index (κ1) is 11.2. The van der Waals surface area contributed by atoms with Crippen LogP contribution in [-0.2, 0) is 6.42 Å². The summed E-state index contributed by atoms with van der Waals surface area (Å²) in [5, 5.41) is 8.28. The lowest BCUT2D eigenvalue weighted by atomic mass is 9.99. The molecule has 2 rings (SSSR count). The van der Waals surface area contributed by atoms with Gasteiger partial charge in [-0.15, -0.1) is 0 Å². The SMILES string of the molecule is Cc1cscc1-c1noc(N)c1CC(C)C. The molecule has 0 unspecified atom stereocenters. The van der Waals surface area contributed by atoms with Crippen molar-refractivity contribution in [1.82, 2.24) is 5.16 Å². The number of rotatable bonds is 3. The van der Waals surface area contributed by atoms with Gasteiger partial charge in [-0.3, -0.25) is 0 Å². The zero-order chi connectivity index (χ0) is 11.7. The molecule has 0 amide bonds. The summed E-state index contributed by atoms with van der Waals surface area (Å²) in [4.78, 5) is 0. The van der Waals surface area contributed by atoms with E-state index in [1.54, 1.807) is 11.3 Å². The molecular weight excluding hydrogens is 220 g/mol. The van der Waals surface area contributed by atoms with Crippen molar-refractivity contribution in [2.75, 3.05) is 5.73 Å². The molecule has 0 radical (unpaired) electrons. The minimum Gasteiger partial charge on any atom is -0.367 e. The second-order valence-corrected chi connectivity index (χ2v) is 5.18. The Hall–Kier alpha value is -1.29. The van der Waals surface area contributed by atoms with Crippen LogP contribution in [0, 0.1) is 12.8 Å². The summed E-state index contributed by atoms with van der Waals surface area (Å²) < 4.78 is 5.11. The summed E-state index contributed by atoms with van der Waals surface area (Å²) in [5.41, 5.74) is 10.1. The molecular formula is C12H16N2OS. The van der Waals surface area contributed by atoms with Crippen molar-refractivity contribution in [1.29, 1.82) is 0 Å². The molecule has 0 atom stereocenters. The Bertz CT molecular complexity index is 485. The van der Waals surface area contributed by atoms with Crippen LogP contribution < -0.4 is 5.73 Å². The van der Waals surface area contributed by atoms with E-state index < -0.39 is 0 Å². The second kappa shape index (κ2) is 4.29. The zero-order valence-electron chi connectivity index (χ0n) is 9.78. The summed E-state index contributed by atoms with van der Waals surface area (Å²) in [5.74, 6) is 0.994. The molecule has 0 aliphatic rings. The third-order valence-corrected chi connectivity index (χ3v) is 3.40. The standard InChI is InChI=1S/C12H16N2OS/c1-7(2)4-9-11(14-15-12(9)13)10-6-16-5-8(10)3/h5-7H,4,13H2,1-3H3. The average molecular weight is 236 g/mol. The Labute approximate surface area is 99.3 Å². The normalized spacial score (nSPS) is 11.2. The van der Waals surface area contributed by atoms with E-state index in [1.165, 1.54) is 5.56 Å². The minimum atomic E-state index is 0.453. The third-order valence-electron chi connectivity index (χ3n) is 2.54. The van der Waals surface area contributed by atoms with Gasteiger partial charge in [0.1, 0.15) is 5.69 Å². The number of anilines is 1. The van der Waals surface area contributed by atoms with Gasteiger partial charge in [0.2, 0.25) is 5.88 Å². The van der Waals surface area contributed by atoms with Gasteiger partial charge in [0.15, 0.2) is 0 Å². The molecule has 3 nitrogen and oxygen atoms in total. The monoisotopic (exact) mass is 236 g/mol. The highest BCUT2D eigenvalue weighted by atomic mass is 32.1. The van der Waals surface area contributed by atoms with Crippen molar-refractivity contribution in [2.24, 2.45) is 5.92 Å². The molecule has 4 heteroatoms. The van der Waals surface area contributed by atoms with Crippen molar-refractivity contribution in [3.63, 3.8) is 0 Å². The quantitative estimate of drug-likeness (QED) is 0.887. The Kier molecular flexibility index (Phi) is 3.01. The molecule has 0 aliphatic heterocycles. The topological polar surface area (TPSA) is 52.0 Å². The maximum atomic E-state index is 5.82. The summed E-state index contributed by atoms with van der Waals surface area (Å²) in [6.07, 6.45) is 0.903. The van der Waals surface area contributed by atoms with Gasteiger partial charge in [0.25, 0.3) is 0 Å². The summed E-state index contributed by atoms with van der Waals surface area (Å²) in [6.45, 7) is 6.41. The Morgan fingerprint density at radius 2 is 2.19 bits per heavy atom. The van der Waals surface area contributed by atoms with Crippen LogP contribution in [0.2, 0.25) is 0 Å². The summed E-state index contributed by atoms with van der Waals surface area (Å²) >= 11 is 1.68. The van der Waals surface area contributed by atoms with E-state index in [-0.39, 0.29) is 0 Å². The number of hydrogen-bond donors (Lipinski definition) is 1. The highest BCUT2D eigenvalue weighted by Crippen LogP contribution is 2.32. The van der Waals surface area contributed by atoms with Crippen LogP contribution in [-0.4, -0.2) is 5.16 Å². The third kappa shape index (κ3) is 1.97. The van der Waals surface area contributed by atoms with Crippen molar-refractivity contribution in [3.05, 3.63) is 21.9 Å². The van der Waals surface area contributed by atoms with Gasteiger partial charge in [0, 0.05) is 16.5 Å². The van der Waals surface area contributed by atoms with Gasteiger partial charge in [-0.25, -0.2) is 0 Å². The molecule has 0 fully saturated rings. The minimum absolute atomic E-state index is 0.453. The molecule has 86 valence electrons. The number of nitrogens with two attached hydrogens (primary N) is 1. The zero-order valence-corrected chi connectivity index (χ0v) is 10.6. The fourth-order valence-corrected chi connectivity index (χ4v) is 2.57. The van der Waals surface area contributed by atoms with E-state index in [0.29, 0.717) is 11.8 Å². The average Bonchev–Trinajstić information content (AvgIpc) is 2.75. The molecule has 0 bridgehead atoms. The number of thiophene rings is 1. The van der Waals surface area contributed by atoms with Crippen LogP contribution in [0.3, 0.4) is 0 Å². The molecule has 2 heterocycles. The number of hydrogen-bond acceptors (Lipinski definition) is 4. The number of aryl methyl sites for hydroxylation is 1. The van der Waals surface area contributed by atoms with Crippen molar-refractivity contribution >= 4 is 17.2 Å². The van der Waals surface area contributed by atoms with Crippen LogP contribution in [0.1, 0.15) is 25.0 Å². The first-order valence-corrected chi connectivity index (χ1v) is 6.31. The second-order valence-electron chi connectivity index (χ2n) is 4.44. The predicted molar refractivity (Wildman–Crippen MR) is 67.5 cm³/mol. The molecule has 16 heavy (non-hydrogen) atoms.